The molecule has 0 bridgehead atoms. The highest BCUT2D eigenvalue weighted by Gasteiger charge is 2.43. The SMILES string of the molecule is CC1CC=C2C[C@@H](F)CC[C@]2(C)C1C. The van der Waals surface area contributed by atoms with Crippen molar-refractivity contribution in [3.63, 3.8) is 0 Å². The molecule has 0 aliphatic heterocycles. The normalized spacial score (nSPS) is 48.3. The molecule has 0 nitrogen and oxygen atoms in total. The molecule has 1 saturated carbocycles. The predicted molar refractivity (Wildman–Crippen MR) is 57.9 cm³/mol. The van der Waals surface area contributed by atoms with Crippen LogP contribution in [-0.4, -0.2) is 6.17 Å². The average molecular weight is 196 g/mol. The summed E-state index contributed by atoms with van der Waals surface area (Å²) in [6.45, 7) is 7.01. The third-order valence-electron chi connectivity index (χ3n) is 4.75. The molecule has 0 aromatic heterocycles. The molecule has 1 heteroatoms. The van der Waals surface area contributed by atoms with Gasteiger partial charge in [-0.25, -0.2) is 4.39 Å². The summed E-state index contributed by atoms with van der Waals surface area (Å²) in [7, 11) is 0. The van der Waals surface area contributed by atoms with E-state index in [2.05, 4.69) is 26.8 Å². The van der Waals surface area contributed by atoms with Gasteiger partial charge in [0, 0.05) is 6.42 Å². The van der Waals surface area contributed by atoms with Crippen LogP contribution in [0.3, 0.4) is 0 Å². The highest BCUT2D eigenvalue weighted by atomic mass is 19.1. The van der Waals surface area contributed by atoms with Crippen molar-refractivity contribution in [3.05, 3.63) is 11.6 Å². The summed E-state index contributed by atoms with van der Waals surface area (Å²) in [5, 5.41) is 0. The van der Waals surface area contributed by atoms with Gasteiger partial charge < -0.3 is 0 Å². The third kappa shape index (κ3) is 1.41. The van der Waals surface area contributed by atoms with Crippen LogP contribution in [0.1, 0.15) is 46.5 Å². The predicted octanol–water partition coefficient (Wildman–Crippen LogP) is 4.12. The first-order valence-electron chi connectivity index (χ1n) is 5.87. The zero-order valence-corrected chi connectivity index (χ0v) is 9.52. The highest BCUT2D eigenvalue weighted by molar-refractivity contribution is 5.22. The van der Waals surface area contributed by atoms with Crippen molar-refractivity contribution in [3.8, 4) is 0 Å². The van der Waals surface area contributed by atoms with Gasteiger partial charge in [-0.1, -0.05) is 32.4 Å². The quantitative estimate of drug-likeness (QED) is 0.511. The summed E-state index contributed by atoms with van der Waals surface area (Å²) in [6.07, 6.45) is 5.41. The van der Waals surface area contributed by atoms with Crippen LogP contribution < -0.4 is 0 Å². The Morgan fingerprint density at radius 3 is 2.86 bits per heavy atom. The maximum Gasteiger partial charge on any atom is 0.104 e. The molecule has 2 aliphatic rings. The van der Waals surface area contributed by atoms with Crippen molar-refractivity contribution in [2.24, 2.45) is 17.3 Å². The van der Waals surface area contributed by atoms with Crippen LogP contribution in [0, 0.1) is 17.3 Å². The van der Waals surface area contributed by atoms with Crippen LogP contribution >= 0.6 is 0 Å². The summed E-state index contributed by atoms with van der Waals surface area (Å²) in [4.78, 5) is 0. The van der Waals surface area contributed by atoms with E-state index in [0.29, 0.717) is 11.8 Å². The number of fused-ring (bicyclic) bond motifs is 1. The molecule has 14 heavy (non-hydrogen) atoms. The topological polar surface area (TPSA) is 0 Å². The number of halogens is 1. The van der Waals surface area contributed by atoms with Crippen molar-refractivity contribution in [1.82, 2.24) is 0 Å². The Balaban J connectivity index is 2.28. The molecule has 0 amide bonds. The Bertz CT molecular complexity index is 256. The molecule has 0 aromatic carbocycles. The highest BCUT2D eigenvalue weighted by Crippen LogP contribution is 2.52. The van der Waals surface area contributed by atoms with Gasteiger partial charge in [-0.15, -0.1) is 0 Å². The molecule has 2 unspecified atom stereocenters. The minimum atomic E-state index is -0.574. The summed E-state index contributed by atoms with van der Waals surface area (Å²) < 4.78 is 13.3. The summed E-state index contributed by atoms with van der Waals surface area (Å²) in [6, 6.07) is 0. The fraction of sp³-hybridized carbons (Fsp3) is 0.846. The Labute approximate surface area is 86.6 Å². The third-order valence-corrected chi connectivity index (χ3v) is 4.75. The molecule has 2 rings (SSSR count). The molecule has 0 spiro atoms. The van der Waals surface area contributed by atoms with Gasteiger partial charge in [-0.2, -0.15) is 0 Å². The number of hydrogen-bond acceptors (Lipinski definition) is 0. The lowest BCUT2D eigenvalue weighted by atomic mass is 9.58. The molecular weight excluding hydrogens is 175 g/mol. The summed E-state index contributed by atoms with van der Waals surface area (Å²) >= 11 is 0. The fourth-order valence-electron chi connectivity index (χ4n) is 3.19. The van der Waals surface area contributed by atoms with Crippen LogP contribution in [0.2, 0.25) is 0 Å². The minimum Gasteiger partial charge on any atom is -0.247 e. The van der Waals surface area contributed by atoms with E-state index >= 15 is 0 Å². The van der Waals surface area contributed by atoms with Crippen LogP contribution in [-0.2, 0) is 0 Å². The molecule has 0 heterocycles. The van der Waals surface area contributed by atoms with Gasteiger partial charge >= 0.3 is 0 Å². The lowest BCUT2D eigenvalue weighted by Gasteiger charge is -2.47. The number of hydrogen-bond donors (Lipinski definition) is 0. The molecular formula is C13H21F. The molecule has 0 aromatic rings. The van der Waals surface area contributed by atoms with Gasteiger partial charge in [0.05, 0.1) is 0 Å². The van der Waals surface area contributed by atoms with Gasteiger partial charge in [0.15, 0.2) is 0 Å². The summed E-state index contributed by atoms with van der Waals surface area (Å²) in [5.74, 6) is 1.48. The second kappa shape index (κ2) is 3.36. The van der Waals surface area contributed by atoms with Crippen LogP contribution in [0.15, 0.2) is 11.6 Å². The molecule has 0 N–H and O–H groups in total. The van der Waals surface area contributed by atoms with Gasteiger partial charge in [0.25, 0.3) is 0 Å². The molecule has 2 aliphatic carbocycles. The van der Waals surface area contributed by atoms with Crippen molar-refractivity contribution >= 4 is 0 Å². The van der Waals surface area contributed by atoms with Crippen molar-refractivity contribution in [1.29, 1.82) is 0 Å². The maximum atomic E-state index is 13.3. The van der Waals surface area contributed by atoms with Crippen LogP contribution in [0.25, 0.3) is 0 Å². The average Bonchev–Trinajstić information content (AvgIpc) is 2.16. The van der Waals surface area contributed by atoms with E-state index < -0.39 is 6.17 Å². The number of allylic oxidation sites excluding steroid dienone is 2. The number of alkyl halides is 1. The second-order valence-electron chi connectivity index (χ2n) is 5.49. The minimum absolute atomic E-state index is 0.306. The maximum absolute atomic E-state index is 13.3. The lowest BCUT2D eigenvalue weighted by molar-refractivity contribution is 0.101. The first-order valence-corrected chi connectivity index (χ1v) is 5.87. The van der Waals surface area contributed by atoms with E-state index in [1.54, 1.807) is 0 Å². The molecule has 80 valence electrons. The molecule has 0 saturated heterocycles. The largest absolute Gasteiger partial charge is 0.247 e. The summed E-state index contributed by atoms with van der Waals surface area (Å²) in [5.41, 5.74) is 1.71. The van der Waals surface area contributed by atoms with Crippen molar-refractivity contribution in [2.75, 3.05) is 0 Å². The van der Waals surface area contributed by atoms with E-state index in [1.165, 1.54) is 5.57 Å². The van der Waals surface area contributed by atoms with Gasteiger partial charge in [0.2, 0.25) is 0 Å². The smallest absolute Gasteiger partial charge is 0.104 e. The van der Waals surface area contributed by atoms with Crippen molar-refractivity contribution < 1.29 is 4.39 Å². The fourth-order valence-corrected chi connectivity index (χ4v) is 3.19. The first-order chi connectivity index (χ1) is 6.54. The Morgan fingerprint density at radius 1 is 1.43 bits per heavy atom. The standard InChI is InChI=1S/C13H21F/c1-9-4-5-11-8-12(14)6-7-13(11,3)10(9)2/h5,9-10,12H,4,6-8H2,1-3H3/t9?,10?,12-,13+/m0/s1. The van der Waals surface area contributed by atoms with Crippen LogP contribution in [0.5, 0.6) is 0 Å². The van der Waals surface area contributed by atoms with Gasteiger partial charge in [-0.3, -0.25) is 0 Å². The van der Waals surface area contributed by atoms with Crippen LogP contribution in [0.4, 0.5) is 4.39 Å². The second-order valence-corrected chi connectivity index (χ2v) is 5.49. The van der Waals surface area contributed by atoms with Gasteiger partial charge in [-0.05, 0) is 36.5 Å². The van der Waals surface area contributed by atoms with E-state index in [4.69, 9.17) is 0 Å². The first kappa shape index (κ1) is 10.2. The van der Waals surface area contributed by atoms with E-state index in [-0.39, 0.29) is 0 Å². The Morgan fingerprint density at radius 2 is 2.14 bits per heavy atom. The zero-order chi connectivity index (χ0) is 10.3. The Hall–Kier alpha value is -0.330. The Kier molecular flexibility index (Phi) is 2.45. The number of rotatable bonds is 0. The monoisotopic (exact) mass is 196 g/mol. The molecule has 0 radical (unpaired) electrons. The van der Waals surface area contributed by atoms with Crippen molar-refractivity contribution in [2.45, 2.75) is 52.6 Å². The lowest BCUT2D eigenvalue weighted by Crippen LogP contribution is -2.39. The zero-order valence-electron chi connectivity index (χ0n) is 9.52. The molecule has 1 fully saturated rings. The van der Waals surface area contributed by atoms with E-state index in [1.807, 2.05) is 0 Å². The van der Waals surface area contributed by atoms with Gasteiger partial charge in [0.1, 0.15) is 6.17 Å². The van der Waals surface area contributed by atoms with E-state index in [0.717, 1.165) is 31.1 Å². The molecule has 4 atom stereocenters. The van der Waals surface area contributed by atoms with E-state index in [9.17, 15) is 4.39 Å².